The molecule has 0 bridgehead atoms. The molecule has 0 unspecified atom stereocenters. The molecule has 1 aliphatic carbocycles. The minimum atomic E-state index is -0.477. The van der Waals surface area contributed by atoms with Crippen molar-refractivity contribution in [2.75, 3.05) is 0 Å². The van der Waals surface area contributed by atoms with Crippen LogP contribution in [0.25, 0.3) is 0 Å². The molecule has 0 spiro atoms. The fourth-order valence-electron chi connectivity index (χ4n) is 3.88. The Morgan fingerprint density at radius 1 is 1.00 bits per heavy atom. The van der Waals surface area contributed by atoms with E-state index in [2.05, 4.69) is 13.8 Å². The van der Waals surface area contributed by atoms with E-state index in [4.69, 9.17) is 32.7 Å². The summed E-state index contributed by atoms with van der Waals surface area (Å²) >= 11 is 13.9. The largest absolute Gasteiger partial charge is 0.486 e. The molecule has 0 fully saturated rings. The number of ether oxygens (including phenoxy) is 2. The number of thiophene rings is 1. The van der Waals surface area contributed by atoms with Gasteiger partial charge in [0, 0.05) is 21.7 Å². The van der Waals surface area contributed by atoms with Crippen molar-refractivity contribution in [3.05, 3.63) is 79.5 Å². The lowest BCUT2D eigenvalue weighted by Gasteiger charge is -2.28. The van der Waals surface area contributed by atoms with Crippen LogP contribution in [0.15, 0.2) is 48.5 Å². The van der Waals surface area contributed by atoms with Gasteiger partial charge in [-0.2, -0.15) is 0 Å². The Morgan fingerprint density at radius 2 is 1.62 bits per heavy atom. The third-order valence-electron chi connectivity index (χ3n) is 5.30. The third-order valence-corrected chi connectivity index (χ3v) is 7.13. The quantitative estimate of drug-likeness (QED) is 0.278. The maximum Gasteiger partial charge on any atom is 0.315 e. The predicted molar refractivity (Wildman–Crippen MR) is 127 cm³/mol. The van der Waals surface area contributed by atoms with Gasteiger partial charge in [-0.1, -0.05) is 61.3 Å². The summed E-state index contributed by atoms with van der Waals surface area (Å²) in [5.74, 6) is 0.425. The molecule has 2 aromatic carbocycles. The Kier molecular flexibility index (Phi) is 6.61. The van der Waals surface area contributed by atoms with Crippen molar-refractivity contribution in [2.24, 2.45) is 5.41 Å². The number of ketones is 1. The highest BCUT2D eigenvalue weighted by atomic mass is 35.5. The van der Waals surface area contributed by atoms with Gasteiger partial charge in [0.05, 0.1) is 16.5 Å². The molecule has 0 amide bonds. The molecule has 4 rings (SSSR count). The molecule has 1 aliphatic rings. The second-order valence-corrected chi connectivity index (χ2v) is 10.5. The highest BCUT2D eigenvalue weighted by Crippen LogP contribution is 2.42. The first-order valence-electron chi connectivity index (χ1n) is 10.2. The molecule has 0 saturated heterocycles. The smallest absolute Gasteiger partial charge is 0.315 e. The van der Waals surface area contributed by atoms with Crippen molar-refractivity contribution in [1.29, 1.82) is 0 Å². The van der Waals surface area contributed by atoms with E-state index >= 15 is 0 Å². The minimum Gasteiger partial charge on any atom is -0.486 e. The van der Waals surface area contributed by atoms with Crippen LogP contribution < -0.4 is 9.47 Å². The number of benzene rings is 2. The fourth-order valence-corrected chi connectivity index (χ4v) is 5.76. The van der Waals surface area contributed by atoms with E-state index in [9.17, 15) is 9.59 Å². The number of carbonyl (C=O) groups is 2. The first kappa shape index (κ1) is 22.8. The number of hydrogen-bond donors (Lipinski definition) is 0. The number of carbonyl (C=O) groups excluding carboxylic acids is 2. The molecule has 3 aromatic rings. The van der Waals surface area contributed by atoms with Crippen LogP contribution >= 0.6 is 34.5 Å². The van der Waals surface area contributed by atoms with Crippen LogP contribution in [-0.4, -0.2) is 11.8 Å². The van der Waals surface area contributed by atoms with E-state index in [1.54, 1.807) is 36.4 Å². The lowest BCUT2D eigenvalue weighted by atomic mass is 9.76. The molecule has 0 saturated carbocycles. The Morgan fingerprint density at radius 3 is 2.28 bits per heavy atom. The molecule has 0 N–H and O–H groups in total. The summed E-state index contributed by atoms with van der Waals surface area (Å²) < 4.78 is 11.4. The summed E-state index contributed by atoms with van der Waals surface area (Å²) in [5.41, 5.74) is 1.20. The minimum absolute atomic E-state index is 0.0373. The van der Waals surface area contributed by atoms with Gasteiger partial charge in [0.1, 0.15) is 18.1 Å². The van der Waals surface area contributed by atoms with Crippen LogP contribution in [0.1, 0.15) is 45.9 Å². The summed E-state index contributed by atoms with van der Waals surface area (Å²) in [5, 5.41) is 0.860. The number of hydrogen-bond acceptors (Lipinski definition) is 5. The van der Waals surface area contributed by atoms with Crippen LogP contribution in [0.5, 0.6) is 11.5 Å². The second-order valence-electron chi connectivity index (χ2n) is 8.54. The van der Waals surface area contributed by atoms with Crippen molar-refractivity contribution < 1.29 is 19.1 Å². The first-order chi connectivity index (χ1) is 15.2. The summed E-state index contributed by atoms with van der Waals surface area (Å²) in [6.45, 7) is 4.38. The van der Waals surface area contributed by atoms with E-state index < -0.39 is 5.97 Å². The molecular formula is C25H22Cl2O4S. The molecule has 7 heteroatoms. The zero-order chi connectivity index (χ0) is 22.9. The lowest BCUT2D eigenvalue weighted by Crippen LogP contribution is -2.27. The average Bonchev–Trinajstić information content (AvgIpc) is 3.05. The first-order valence-corrected chi connectivity index (χ1v) is 11.8. The third kappa shape index (κ3) is 5.01. The Labute approximate surface area is 201 Å². The number of para-hydroxylation sites is 2. The normalized spacial score (nSPS) is 14.7. The number of halogens is 2. The van der Waals surface area contributed by atoms with Crippen molar-refractivity contribution in [2.45, 2.75) is 39.7 Å². The van der Waals surface area contributed by atoms with E-state index in [-0.39, 0.29) is 24.2 Å². The van der Waals surface area contributed by atoms with Crippen LogP contribution in [0.2, 0.25) is 10.0 Å². The van der Waals surface area contributed by atoms with Crippen LogP contribution in [-0.2, 0) is 24.2 Å². The lowest BCUT2D eigenvalue weighted by molar-refractivity contribution is -0.133. The van der Waals surface area contributed by atoms with Gasteiger partial charge < -0.3 is 9.47 Å². The Hall–Kier alpha value is -2.34. The molecule has 1 heterocycles. The van der Waals surface area contributed by atoms with E-state index in [0.29, 0.717) is 39.1 Å². The topological polar surface area (TPSA) is 52.6 Å². The van der Waals surface area contributed by atoms with Crippen molar-refractivity contribution in [1.82, 2.24) is 0 Å². The van der Waals surface area contributed by atoms with Crippen LogP contribution in [0.3, 0.4) is 0 Å². The van der Waals surface area contributed by atoms with Gasteiger partial charge in [-0.3, -0.25) is 9.59 Å². The summed E-state index contributed by atoms with van der Waals surface area (Å²) in [7, 11) is 0. The molecule has 0 aliphatic heterocycles. The number of fused-ring (bicyclic) bond motifs is 1. The van der Waals surface area contributed by atoms with E-state index in [1.165, 1.54) is 11.3 Å². The van der Waals surface area contributed by atoms with Crippen LogP contribution in [0.4, 0.5) is 0 Å². The highest BCUT2D eigenvalue weighted by molar-refractivity contribution is 7.12. The standard InChI is InChI=1S/C25H22Cl2O4S/c1-25(2)12-18(28)24-15(11-23(29)31-20-10-6-4-8-17(20)27)22(32-21(24)13-25)14-30-19-9-5-3-7-16(19)26/h3-10H,11-14H2,1-2H3. The molecule has 0 radical (unpaired) electrons. The van der Waals surface area contributed by atoms with Gasteiger partial charge >= 0.3 is 5.97 Å². The number of Topliss-reactive ketones (excluding diaryl/α,β-unsaturated/α-hetero) is 1. The zero-order valence-electron chi connectivity index (χ0n) is 17.7. The predicted octanol–water partition coefficient (Wildman–Crippen LogP) is 6.94. The van der Waals surface area contributed by atoms with Gasteiger partial charge in [-0.25, -0.2) is 0 Å². The second kappa shape index (κ2) is 9.26. The number of esters is 1. The molecular weight excluding hydrogens is 467 g/mol. The SMILES string of the molecule is CC1(C)CC(=O)c2c(sc(COc3ccccc3Cl)c2CC(=O)Oc2ccccc2Cl)C1. The van der Waals surface area contributed by atoms with Crippen LogP contribution in [0, 0.1) is 5.41 Å². The van der Waals surface area contributed by atoms with Gasteiger partial charge in [0.25, 0.3) is 0 Å². The highest BCUT2D eigenvalue weighted by Gasteiger charge is 2.36. The van der Waals surface area contributed by atoms with E-state index in [0.717, 1.165) is 16.2 Å². The molecule has 0 atom stereocenters. The maximum atomic E-state index is 13.0. The van der Waals surface area contributed by atoms with Gasteiger partial charge in [-0.05, 0) is 41.7 Å². The van der Waals surface area contributed by atoms with Gasteiger partial charge in [0.15, 0.2) is 5.78 Å². The maximum absolute atomic E-state index is 13.0. The summed E-state index contributed by atoms with van der Waals surface area (Å²) in [4.78, 5) is 27.6. The molecule has 1 aromatic heterocycles. The monoisotopic (exact) mass is 488 g/mol. The number of rotatable bonds is 6. The van der Waals surface area contributed by atoms with Gasteiger partial charge in [0.2, 0.25) is 0 Å². The van der Waals surface area contributed by atoms with E-state index in [1.807, 2.05) is 12.1 Å². The summed E-state index contributed by atoms with van der Waals surface area (Å²) in [6, 6.07) is 14.0. The Bertz CT molecular complexity index is 1180. The van der Waals surface area contributed by atoms with Crippen molar-refractivity contribution >= 4 is 46.3 Å². The van der Waals surface area contributed by atoms with Crippen molar-refractivity contribution in [3.8, 4) is 11.5 Å². The fraction of sp³-hybridized carbons (Fsp3) is 0.280. The Balaban J connectivity index is 1.63. The van der Waals surface area contributed by atoms with Crippen molar-refractivity contribution in [3.63, 3.8) is 0 Å². The molecule has 32 heavy (non-hydrogen) atoms. The van der Waals surface area contributed by atoms with Gasteiger partial charge in [-0.15, -0.1) is 11.3 Å². The molecule has 4 nitrogen and oxygen atoms in total. The zero-order valence-corrected chi connectivity index (χ0v) is 20.1. The summed E-state index contributed by atoms with van der Waals surface area (Å²) in [6.07, 6.45) is 1.18. The molecule has 166 valence electrons. The average molecular weight is 489 g/mol.